The average molecular weight is 233 g/mol. The Morgan fingerprint density at radius 3 is 2.67 bits per heavy atom. The van der Waals surface area contributed by atoms with Gasteiger partial charge in [-0.25, -0.2) is 4.39 Å². The van der Waals surface area contributed by atoms with E-state index in [9.17, 15) is 9.50 Å². The first kappa shape index (κ1) is 12.4. The van der Waals surface area contributed by atoms with Gasteiger partial charge in [-0.05, 0) is 31.5 Å². The Morgan fingerprint density at radius 2 is 2.13 bits per heavy atom. The Bertz CT molecular complexity index is 328. The second-order valence-electron chi connectivity index (χ2n) is 3.57. The zero-order chi connectivity index (χ0) is 11.4. The van der Waals surface area contributed by atoms with E-state index in [1.54, 1.807) is 6.07 Å². The number of rotatable bonds is 4. The summed E-state index contributed by atoms with van der Waals surface area (Å²) in [7, 11) is 0. The summed E-state index contributed by atoms with van der Waals surface area (Å²) in [5, 5.41) is 9.70. The molecule has 1 atom stereocenters. The molecule has 0 saturated carbocycles. The van der Waals surface area contributed by atoms with Gasteiger partial charge in [0.05, 0.1) is 17.7 Å². The summed E-state index contributed by atoms with van der Waals surface area (Å²) in [6.07, 6.45) is -0.782. The van der Waals surface area contributed by atoms with E-state index in [4.69, 9.17) is 16.3 Å². The maximum atomic E-state index is 13.1. The molecule has 0 aliphatic heterocycles. The third-order valence-corrected chi connectivity index (χ3v) is 2.22. The summed E-state index contributed by atoms with van der Waals surface area (Å²) in [5.74, 6) is -0.530. The molecular formula is C11H14ClFO2. The van der Waals surface area contributed by atoms with Crippen molar-refractivity contribution in [2.24, 2.45) is 0 Å². The van der Waals surface area contributed by atoms with Crippen LogP contribution < -0.4 is 0 Å². The molecule has 0 bridgehead atoms. The van der Waals surface area contributed by atoms with Crippen molar-refractivity contribution in [1.29, 1.82) is 0 Å². The van der Waals surface area contributed by atoms with Crippen molar-refractivity contribution in [2.45, 2.75) is 26.1 Å². The van der Waals surface area contributed by atoms with Crippen LogP contribution in [0.5, 0.6) is 0 Å². The van der Waals surface area contributed by atoms with Gasteiger partial charge in [-0.1, -0.05) is 17.7 Å². The molecule has 1 aromatic rings. The molecule has 0 heterocycles. The van der Waals surface area contributed by atoms with Gasteiger partial charge in [0, 0.05) is 0 Å². The number of benzene rings is 1. The fourth-order valence-corrected chi connectivity index (χ4v) is 1.22. The van der Waals surface area contributed by atoms with Crippen molar-refractivity contribution in [3.63, 3.8) is 0 Å². The van der Waals surface area contributed by atoms with Crippen molar-refractivity contribution in [1.82, 2.24) is 0 Å². The van der Waals surface area contributed by atoms with Crippen LogP contribution in [-0.2, 0) is 4.74 Å². The Kier molecular flexibility index (Phi) is 4.51. The fraction of sp³-hybridized carbons (Fsp3) is 0.455. The van der Waals surface area contributed by atoms with Gasteiger partial charge in [0.15, 0.2) is 0 Å². The third kappa shape index (κ3) is 3.78. The van der Waals surface area contributed by atoms with Crippen molar-refractivity contribution in [3.05, 3.63) is 34.6 Å². The highest BCUT2D eigenvalue weighted by Crippen LogP contribution is 2.20. The van der Waals surface area contributed by atoms with Crippen molar-refractivity contribution in [3.8, 4) is 0 Å². The lowest BCUT2D eigenvalue weighted by Crippen LogP contribution is -2.12. The van der Waals surface area contributed by atoms with Crippen molar-refractivity contribution in [2.75, 3.05) is 6.61 Å². The number of ether oxygens (including phenoxy) is 1. The SMILES string of the molecule is CC(C)OC[C@H](O)c1ccc(Cl)c(F)c1. The number of aliphatic hydroxyl groups excluding tert-OH is 1. The monoisotopic (exact) mass is 232 g/mol. The van der Waals surface area contributed by atoms with Crippen LogP contribution in [0.25, 0.3) is 0 Å². The maximum Gasteiger partial charge on any atom is 0.142 e. The van der Waals surface area contributed by atoms with Gasteiger partial charge < -0.3 is 9.84 Å². The molecule has 4 heteroatoms. The molecule has 84 valence electrons. The number of halogens is 2. The van der Waals surface area contributed by atoms with E-state index in [-0.39, 0.29) is 17.7 Å². The summed E-state index contributed by atoms with van der Waals surface area (Å²) in [4.78, 5) is 0. The van der Waals surface area contributed by atoms with E-state index in [2.05, 4.69) is 0 Å². The van der Waals surface area contributed by atoms with Gasteiger partial charge in [-0.2, -0.15) is 0 Å². The number of hydrogen-bond acceptors (Lipinski definition) is 2. The molecule has 0 aromatic heterocycles. The first-order chi connectivity index (χ1) is 7.00. The van der Waals surface area contributed by atoms with E-state index in [1.807, 2.05) is 13.8 Å². The Labute approximate surface area is 93.6 Å². The van der Waals surface area contributed by atoms with Crippen LogP contribution in [-0.4, -0.2) is 17.8 Å². The molecule has 0 radical (unpaired) electrons. The normalized spacial score (nSPS) is 13.2. The lowest BCUT2D eigenvalue weighted by atomic mass is 10.1. The zero-order valence-electron chi connectivity index (χ0n) is 8.71. The minimum absolute atomic E-state index is 0.0387. The van der Waals surface area contributed by atoms with Gasteiger partial charge in [-0.3, -0.25) is 0 Å². The van der Waals surface area contributed by atoms with E-state index >= 15 is 0 Å². The highest BCUT2D eigenvalue weighted by molar-refractivity contribution is 6.30. The minimum Gasteiger partial charge on any atom is -0.386 e. The maximum absolute atomic E-state index is 13.1. The Morgan fingerprint density at radius 1 is 1.47 bits per heavy atom. The van der Waals surface area contributed by atoms with Crippen LogP contribution >= 0.6 is 11.6 Å². The van der Waals surface area contributed by atoms with Crippen LogP contribution in [0.1, 0.15) is 25.5 Å². The fourth-order valence-electron chi connectivity index (χ4n) is 1.10. The first-order valence-corrected chi connectivity index (χ1v) is 5.13. The largest absolute Gasteiger partial charge is 0.386 e. The summed E-state index contributed by atoms with van der Waals surface area (Å²) in [6, 6.07) is 4.22. The van der Waals surface area contributed by atoms with Gasteiger partial charge in [0.1, 0.15) is 11.9 Å². The molecule has 15 heavy (non-hydrogen) atoms. The van der Waals surface area contributed by atoms with E-state index < -0.39 is 11.9 Å². The second kappa shape index (κ2) is 5.45. The van der Waals surface area contributed by atoms with E-state index in [1.165, 1.54) is 12.1 Å². The standard InChI is InChI=1S/C11H14ClFO2/c1-7(2)15-6-11(14)8-3-4-9(12)10(13)5-8/h3-5,7,11,14H,6H2,1-2H3/t11-/m0/s1. The number of aliphatic hydroxyl groups is 1. The molecule has 1 aromatic carbocycles. The van der Waals surface area contributed by atoms with Crippen LogP contribution in [0, 0.1) is 5.82 Å². The summed E-state index contributed by atoms with van der Waals surface area (Å²) in [6.45, 7) is 3.89. The average Bonchev–Trinajstić information content (AvgIpc) is 2.18. The number of hydrogen-bond donors (Lipinski definition) is 1. The summed E-state index contributed by atoms with van der Waals surface area (Å²) < 4.78 is 18.3. The molecule has 0 unspecified atom stereocenters. The minimum atomic E-state index is -0.820. The Balaban J connectivity index is 2.65. The van der Waals surface area contributed by atoms with Crippen LogP contribution in [0.15, 0.2) is 18.2 Å². The van der Waals surface area contributed by atoms with Gasteiger partial charge in [-0.15, -0.1) is 0 Å². The molecule has 0 amide bonds. The third-order valence-electron chi connectivity index (χ3n) is 1.92. The zero-order valence-corrected chi connectivity index (χ0v) is 9.46. The molecule has 1 rings (SSSR count). The van der Waals surface area contributed by atoms with Gasteiger partial charge in [0.25, 0.3) is 0 Å². The highest BCUT2D eigenvalue weighted by Gasteiger charge is 2.10. The smallest absolute Gasteiger partial charge is 0.142 e. The molecule has 0 aliphatic carbocycles. The molecule has 0 aliphatic rings. The summed E-state index contributed by atoms with van der Waals surface area (Å²) in [5.41, 5.74) is 0.470. The highest BCUT2D eigenvalue weighted by atomic mass is 35.5. The molecule has 0 saturated heterocycles. The molecular weight excluding hydrogens is 219 g/mol. The lowest BCUT2D eigenvalue weighted by molar-refractivity contribution is 0.00483. The first-order valence-electron chi connectivity index (χ1n) is 4.75. The van der Waals surface area contributed by atoms with Crippen LogP contribution in [0.3, 0.4) is 0 Å². The molecule has 2 nitrogen and oxygen atoms in total. The van der Waals surface area contributed by atoms with Crippen LogP contribution in [0.2, 0.25) is 5.02 Å². The topological polar surface area (TPSA) is 29.5 Å². The Hall–Kier alpha value is -0.640. The van der Waals surface area contributed by atoms with Gasteiger partial charge in [0.2, 0.25) is 0 Å². The quantitative estimate of drug-likeness (QED) is 0.865. The molecule has 0 fully saturated rings. The van der Waals surface area contributed by atoms with Crippen LogP contribution in [0.4, 0.5) is 4.39 Å². The van der Waals surface area contributed by atoms with E-state index in [0.717, 1.165) is 0 Å². The molecule has 0 spiro atoms. The summed E-state index contributed by atoms with van der Waals surface area (Å²) >= 11 is 5.52. The van der Waals surface area contributed by atoms with Crippen molar-refractivity contribution < 1.29 is 14.2 Å². The second-order valence-corrected chi connectivity index (χ2v) is 3.98. The van der Waals surface area contributed by atoms with E-state index in [0.29, 0.717) is 5.56 Å². The predicted molar refractivity (Wildman–Crippen MR) is 57.5 cm³/mol. The van der Waals surface area contributed by atoms with Gasteiger partial charge >= 0.3 is 0 Å². The van der Waals surface area contributed by atoms with Crippen molar-refractivity contribution >= 4 is 11.6 Å². The molecule has 1 N–H and O–H groups in total. The lowest BCUT2D eigenvalue weighted by Gasteiger charge is -2.13. The predicted octanol–water partition coefficient (Wildman–Crippen LogP) is 2.94.